The molecular weight excluding hydrogens is 354 g/mol. The molecule has 3 atom stereocenters. The lowest BCUT2D eigenvalue weighted by molar-refractivity contribution is 0.232. The first-order valence-electron chi connectivity index (χ1n) is 8.88. The molecule has 2 aliphatic rings. The number of rotatable bonds is 3. The minimum atomic E-state index is -1.75. The third-order valence-corrected chi connectivity index (χ3v) is 5.75. The summed E-state index contributed by atoms with van der Waals surface area (Å²) in [4.78, 5) is 2.08. The van der Waals surface area contributed by atoms with Gasteiger partial charge in [0.2, 0.25) is 0 Å². The molecule has 142 valence electrons. The molecule has 1 aliphatic heterocycles. The summed E-state index contributed by atoms with van der Waals surface area (Å²) in [6.45, 7) is 1.25. The zero-order chi connectivity index (χ0) is 20.5. The fraction of sp³-hybridized carbons (Fsp3) is 0.429. The number of nitrogens with zero attached hydrogens (tertiary/aromatic N) is 4. The highest BCUT2D eigenvalue weighted by atomic mass is 16.5. The highest BCUT2D eigenvalue weighted by molar-refractivity contribution is 6.01. The predicted octanol–water partition coefficient (Wildman–Crippen LogP) is 2.48. The maximum atomic E-state index is 10.1. The van der Waals surface area contributed by atoms with Gasteiger partial charge in [-0.3, -0.25) is 0 Å². The van der Waals surface area contributed by atoms with Crippen LogP contribution in [0.5, 0.6) is 11.5 Å². The molecule has 28 heavy (non-hydrogen) atoms. The molecule has 7 heteroatoms. The minimum absolute atomic E-state index is 0.157. The van der Waals surface area contributed by atoms with Gasteiger partial charge in [0.1, 0.15) is 17.4 Å². The van der Waals surface area contributed by atoms with E-state index in [1.807, 2.05) is 13.1 Å². The van der Waals surface area contributed by atoms with Crippen LogP contribution < -0.4 is 9.47 Å². The summed E-state index contributed by atoms with van der Waals surface area (Å²) in [7, 11) is 5.03. The van der Waals surface area contributed by atoms with E-state index in [1.54, 1.807) is 25.3 Å². The summed E-state index contributed by atoms with van der Waals surface area (Å²) < 4.78 is 10.8. The van der Waals surface area contributed by atoms with Crippen molar-refractivity contribution >= 4 is 5.71 Å². The zero-order valence-corrected chi connectivity index (χ0v) is 16.1. The topological polar surface area (TPSA) is 117 Å². The molecule has 1 fully saturated rings. The van der Waals surface area contributed by atoms with Crippen LogP contribution in [0, 0.1) is 56.7 Å². The van der Waals surface area contributed by atoms with Crippen LogP contribution in [-0.2, 0) is 0 Å². The lowest BCUT2D eigenvalue weighted by atomic mass is 9.54. The molecule has 0 spiro atoms. The second kappa shape index (κ2) is 7.35. The number of nitrogens with one attached hydrogen (secondary N) is 1. The second-order valence-corrected chi connectivity index (χ2v) is 7.12. The first-order valence-corrected chi connectivity index (χ1v) is 8.88. The van der Waals surface area contributed by atoms with E-state index in [9.17, 15) is 15.8 Å². The van der Waals surface area contributed by atoms with E-state index in [0.717, 1.165) is 5.57 Å². The molecule has 1 heterocycles. The lowest BCUT2D eigenvalue weighted by Crippen LogP contribution is -2.52. The normalized spacial score (nSPS) is 26.1. The SMILES string of the molecule is COc1ccc([C@H]2[C@@H]3CN(C)CC=C3C(C#N)C(=N)C2(C#N)C#N)c(OC)c1. The zero-order valence-electron chi connectivity index (χ0n) is 16.1. The molecule has 0 aromatic heterocycles. The van der Waals surface area contributed by atoms with Crippen molar-refractivity contribution in [3.63, 3.8) is 0 Å². The van der Waals surface area contributed by atoms with Crippen molar-refractivity contribution in [2.45, 2.75) is 5.92 Å². The van der Waals surface area contributed by atoms with Crippen molar-refractivity contribution in [1.82, 2.24) is 4.90 Å². The van der Waals surface area contributed by atoms with Crippen LogP contribution in [0.2, 0.25) is 0 Å². The van der Waals surface area contributed by atoms with Crippen LogP contribution >= 0.6 is 0 Å². The third kappa shape index (κ3) is 2.71. The molecule has 1 unspecified atom stereocenters. The van der Waals surface area contributed by atoms with Gasteiger partial charge in [-0.05, 0) is 18.7 Å². The molecule has 1 aromatic rings. The van der Waals surface area contributed by atoms with Gasteiger partial charge in [-0.2, -0.15) is 15.8 Å². The fourth-order valence-electron chi connectivity index (χ4n) is 4.37. The Morgan fingerprint density at radius 2 is 1.89 bits per heavy atom. The maximum Gasteiger partial charge on any atom is 0.189 e. The molecule has 0 saturated heterocycles. The number of benzene rings is 1. The number of hydrogen-bond donors (Lipinski definition) is 1. The van der Waals surface area contributed by atoms with Gasteiger partial charge in [-0.15, -0.1) is 0 Å². The Morgan fingerprint density at radius 1 is 1.18 bits per heavy atom. The average Bonchev–Trinajstić information content (AvgIpc) is 2.73. The maximum absolute atomic E-state index is 10.1. The van der Waals surface area contributed by atoms with Gasteiger partial charge < -0.3 is 19.8 Å². The van der Waals surface area contributed by atoms with Crippen molar-refractivity contribution in [3.8, 4) is 29.7 Å². The molecule has 7 nitrogen and oxygen atoms in total. The van der Waals surface area contributed by atoms with E-state index < -0.39 is 17.3 Å². The molecule has 0 bridgehead atoms. The molecular formula is C21H21N5O2. The average molecular weight is 375 g/mol. The quantitative estimate of drug-likeness (QED) is 0.811. The third-order valence-electron chi connectivity index (χ3n) is 5.75. The predicted molar refractivity (Wildman–Crippen MR) is 102 cm³/mol. The number of ether oxygens (including phenoxy) is 2. The van der Waals surface area contributed by atoms with Gasteiger partial charge in [-0.25, -0.2) is 0 Å². The summed E-state index contributed by atoms with van der Waals surface area (Å²) in [5.74, 6) is -0.653. The molecule has 1 saturated carbocycles. The largest absolute Gasteiger partial charge is 0.497 e. The van der Waals surface area contributed by atoms with Gasteiger partial charge in [0, 0.05) is 36.6 Å². The number of hydrogen-bond acceptors (Lipinski definition) is 7. The van der Waals surface area contributed by atoms with Gasteiger partial charge >= 0.3 is 0 Å². The Balaban J connectivity index is 2.30. The van der Waals surface area contributed by atoms with Crippen molar-refractivity contribution < 1.29 is 9.47 Å². The first kappa shape index (κ1) is 19.4. The lowest BCUT2D eigenvalue weighted by Gasteiger charge is -2.47. The highest BCUT2D eigenvalue weighted by Crippen LogP contribution is 2.55. The second-order valence-electron chi connectivity index (χ2n) is 7.12. The van der Waals surface area contributed by atoms with Crippen LogP contribution in [-0.4, -0.2) is 45.0 Å². The Hall–Kier alpha value is -3.34. The van der Waals surface area contributed by atoms with E-state index in [2.05, 4.69) is 23.1 Å². The van der Waals surface area contributed by atoms with E-state index >= 15 is 0 Å². The summed E-state index contributed by atoms with van der Waals surface area (Å²) in [5, 5.41) is 38.4. The van der Waals surface area contributed by atoms with Gasteiger partial charge in [0.15, 0.2) is 5.41 Å². The summed E-state index contributed by atoms with van der Waals surface area (Å²) in [6.07, 6.45) is 1.96. The molecule has 1 N–H and O–H groups in total. The Kier molecular flexibility index (Phi) is 5.10. The van der Waals surface area contributed by atoms with E-state index in [-0.39, 0.29) is 11.6 Å². The number of fused-ring (bicyclic) bond motifs is 1. The number of nitriles is 3. The highest BCUT2D eigenvalue weighted by Gasteiger charge is 2.58. The Labute approximate surface area is 164 Å². The van der Waals surface area contributed by atoms with E-state index in [4.69, 9.17) is 14.9 Å². The first-order chi connectivity index (χ1) is 13.5. The molecule has 1 aliphatic carbocycles. The Morgan fingerprint density at radius 3 is 2.46 bits per heavy atom. The summed E-state index contributed by atoms with van der Waals surface area (Å²) in [6, 6.07) is 11.6. The van der Waals surface area contributed by atoms with Crippen LogP contribution in [0.25, 0.3) is 0 Å². The van der Waals surface area contributed by atoms with E-state index in [1.165, 1.54) is 7.11 Å². The standard InChI is InChI=1S/C21H21N5O2/c1-26-7-6-14-16(9-22)20(25)21(11-23,12-24)19(17(14)10-26)15-5-4-13(27-2)8-18(15)28-3/h4-6,8,16-17,19,25H,7,10H2,1-3H3/t16?,17-,19+/m1/s1. The fourth-order valence-corrected chi connectivity index (χ4v) is 4.37. The monoisotopic (exact) mass is 375 g/mol. The summed E-state index contributed by atoms with van der Waals surface area (Å²) >= 11 is 0. The van der Waals surface area contributed by atoms with Crippen molar-refractivity contribution in [2.75, 3.05) is 34.4 Å². The van der Waals surface area contributed by atoms with Gasteiger partial charge in [-0.1, -0.05) is 12.1 Å². The van der Waals surface area contributed by atoms with Crippen molar-refractivity contribution in [2.24, 2.45) is 17.3 Å². The minimum Gasteiger partial charge on any atom is -0.497 e. The molecule has 0 amide bonds. The number of likely N-dealkylation sites (N-methyl/N-ethyl adjacent to an activating group) is 1. The van der Waals surface area contributed by atoms with Gasteiger partial charge in [0.25, 0.3) is 0 Å². The van der Waals surface area contributed by atoms with Crippen LogP contribution in [0.15, 0.2) is 29.8 Å². The van der Waals surface area contributed by atoms with Crippen molar-refractivity contribution in [3.05, 3.63) is 35.4 Å². The molecule has 1 aromatic carbocycles. The number of methoxy groups -OCH3 is 2. The van der Waals surface area contributed by atoms with E-state index in [0.29, 0.717) is 30.2 Å². The smallest absolute Gasteiger partial charge is 0.189 e. The van der Waals surface area contributed by atoms with Crippen molar-refractivity contribution in [1.29, 1.82) is 21.2 Å². The Bertz CT molecular complexity index is 948. The molecule has 3 rings (SSSR count). The molecule has 0 radical (unpaired) electrons. The van der Waals surface area contributed by atoms with Crippen LogP contribution in [0.4, 0.5) is 0 Å². The van der Waals surface area contributed by atoms with Crippen LogP contribution in [0.3, 0.4) is 0 Å². The van der Waals surface area contributed by atoms with Crippen LogP contribution in [0.1, 0.15) is 11.5 Å². The summed E-state index contributed by atoms with van der Waals surface area (Å²) in [5.41, 5.74) is -0.425. The van der Waals surface area contributed by atoms with Gasteiger partial charge in [0.05, 0.1) is 38.1 Å².